The summed E-state index contributed by atoms with van der Waals surface area (Å²) in [6.45, 7) is 6.50. The Labute approximate surface area is 237 Å². The smallest absolute Gasteiger partial charge is 0.228 e. The Hall–Kier alpha value is -3.35. The third-order valence-electron chi connectivity index (χ3n) is 7.39. The van der Waals surface area contributed by atoms with Crippen LogP contribution in [0, 0.1) is 26.7 Å². The number of pyridine rings is 1. The van der Waals surface area contributed by atoms with Gasteiger partial charge in [0.05, 0.1) is 22.0 Å². The SMILES string of the molecule is Cc1nc(-c2ccc(Nc3cc(NC(=O)C4CC4)nc4c3nc(C)n4C3CCCCO3)c(S(C)(=O)=O)c2)sc1C. The zero-order valence-electron chi connectivity index (χ0n) is 22.9. The van der Waals surface area contributed by atoms with Crippen molar-refractivity contribution in [1.82, 2.24) is 19.5 Å². The number of fused-ring (bicyclic) bond motifs is 1. The highest BCUT2D eigenvalue weighted by atomic mass is 32.2. The van der Waals surface area contributed by atoms with Crippen LogP contribution < -0.4 is 10.6 Å². The van der Waals surface area contributed by atoms with E-state index in [0.717, 1.165) is 59.1 Å². The fraction of sp³-hybridized carbons (Fsp3) is 0.429. The molecule has 1 amide bonds. The van der Waals surface area contributed by atoms with Gasteiger partial charge < -0.3 is 15.4 Å². The molecule has 0 spiro atoms. The fourth-order valence-corrected chi connectivity index (χ4v) is 6.75. The maximum Gasteiger partial charge on any atom is 0.228 e. The van der Waals surface area contributed by atoms with Gasteiger partial charge in [0.1, 0.15) is 28.4 Å². The van der Waals surface area contributed by atoms with Gasteiger partial charge in [-0.15, -0.1) is 11.3 Å². The van der Waals surface area contributed by atoms with Crippen LogP contribution in [-0.2, 0) is 19.4 Å². The normalized spacial score (nSPS) is 17.8. The highest BCUT2D eigenvalue weighted by Crippen LogP contribution is 2.37. The van der Waals surface area contributed by atoms with Crippen molar-refractivity contribution in [2.45, 2.75) is 64.0 Å². The van der Waals surface area contributed by atoms with E-state index in [1.165, 1.54) is 17.6 Å². The summed E-state index contributed by atoms with van der Waals surface area (Å²) < 4.78 is 34.0. The number of rotatable bonds is 7. The lowest BCUT2D eigenvalue weighted by molar-refractivity contribution is -0.117. The monoisotopic (exact) mass is 580 g/mol. The van der Waals surface area contributed by atoms with Crippen LogP contribution >= 0.6 is 11.3 Å². The number of sulfone groups is 1. The third-order valence-corrected chi connectivity index (χ3v) is 9.65. The van der Waals surface area contributed by atoms with Crippen molar-refractivity contribution in [2.24, 2.45) is 5.92 Å². The molecule has 1 unspecified atom stereocenters. The van der Waals surface area contributed by atoms with E-state index in [1.54, 1.807) is 18.2 Å². The summed E-state index contributed by atoms with van der Waals surface area (Å²) in [5.74, 6) is 1.06. The summed E-state index contributed by atoms with van der Waals surface area (Å²) in [5.41, 5.74) is 3.77. The van der Waals surface area contributed by atoms with Gasteiger partial charge >= 0.3 is 0 Å². The Morgan fingerprint density at radius 2 is 1.85 bits per heavy atom. The van der Waals surface area contributed by atoms with Crippen LogP contribution in [0.4, 0.5) is 17.2 Å². The summed E-state index contributed by atoms with van der Waals surface area (Å²) in [6, 6.07) is 6.99. The standard InChI is InChI=1S/C28H32N6O4S2/c1-15-16(2)39-28(29-15)19-10-11-20(22(13-19)40(4,36)37)31-21-14-23(33-27(35)18-8-9-18)32-26-25(21)30-17(3)34(26)24-7-5-6-12-38-24/h10-11,13-14,18,24H,5-9,12H2,1-4H3,(H2,31,32,33,35). The minimum atomic E-state index is -3.61. The summed E-state index contributed by atoms with van der Waals surface area (Å²) in [4.78, 5) is 28.1. The molecule has 210 valence electrons. The second-order valence-electron chi connectivity index (χ2n) is 10.6. The molecule has 1 saturated heterocycles. The summed E-state index contributed by atoms with van der Waals surface area (Å²) in [6.07, 6.45) is 5.61. The van der Waals surface area contributed by atoms with Crippen LogP contribution in [0.25, 0.3) is 21.7 Å². The van der Waals surface area contributed by atoms with Crippen LogP contribution in [0.1, 0.15) is 54.7 Å². The molecular formula is C28H32N6O4S2. The molecule has 10 nitrogen and oxygen atoms in total. The molecule has 40 heavy (non-hydrogen) atoms. The number of ether oxygens (including phenoxy) is 1. The van der Waals surface area contributed by atoms with Crippen molar-refractivity contribution in [2.75, 3.05) is 23.5 Å². The molecule has 4 heterocycles. The molecule has 0 radical (unpaired) electrons. The highest BCUT2D eigenvalue weighted by Gasteiger charge is 2.31. The summed E-state index contributed by atoms with van der Waals surface area (Å²) in [5, 5.41) is 7.03. The van der Waals surface area contributed by atoms with Crippen molar-refractivity contribution in [3.8, 4) is 10.6 Å². The minimum absolute atomic E-state index is 0.00440. The molecule has 4 aromatic rings. The first-order chi connectivity index (χ1) is 19.1. The maximum absolute atomic E-state index is 13.0. The molecule has 1 aliphatic carbocycles. The molecule has 1 saturated carbocycles. The van der Waals surface area contributed by atoms with Crippen LogP contribution in [0.3, 0.4) is 0 Å². The van der Waals surface area contributed by atoms with Crippen molar-refractivity contribution >= 4 is 55.4 Å². The van der Waals surface area contributed by atoms with Gasteiger partial charge in [-0.05, 0) is 71.1 Å². The molecule has 2 N–H and O–H groups in total. The number of aromatic nitrogens is 4. The first kappa shape index (κ1) is 26.9. The van der Waals surface area contributed by atoms with Gasteiger partial charge in [-0.1, -0.05) is 0 Å². The van der Waals surface area contributed by atoms with Gasteiger partial charge in [-0.25, -0.2) is 23.4 Å². The van der Waals surface area contributed by atoms with Crippen LogP contribution in [0.5, 0.6) is 0 Å². The van der Waals surface area contributed by atoms with E-state index in [9.17, 15) is 13.2 Å². The number of hydrogen-bond acceptors (Lipinski definition) is 9. The number of anilines is 3. The number of amides is 1. The second kappa shape index (κ2) is 10.2. The van der Waals surface area contributed by atoms with Crippen molar-refractivity contribution in [1.29, 1.82) is 0 Å². The minimum Gasteiger partial charge on any atom is -0.358 e. The quantitative estimate of drug-likeness (QED) is 0.286. The zero-order valence-corrected chi connectivity index (χ0v) is 24.6. The van der Waals surface area contributed by atoms with E-state index in [2.05, 4.69) is 15.6 Å². The Morgan fingerprint density at radius 1 is 1.05 bits per heavy atom. The number of hydrogen-bond donors (Lipinski definition) is 2. The Kier molecular flexibility index (Phi) is 6.87. The Bertz CT molecular complexity index is 1710. The number of nitrogens with one attached hydrogen (secondary N) is 2. The lowest BCUT2D eigenvalue weighted by Crippen LogP contribution is -2.20. The van der Waals surface area contributed by atoms with Gasteiger partial charge in [-0.2, -0.15) is 0 Å². The first-order valence-corrected chi connectivity index (χ1v) is 16.2. The highest BCUT2D eigenvalue weighted by molar-refractivity contribution is 7.90. The molecule has 2 aliphatic rings. The van der Waals surface area contributed by atoms with Crippen LogP contribution in [0.2, 0.25) is 0 Å². The van der Waals surface area contributed by atoms with Crippen molar-refractivity contribution in [3.63, 3.8) is 0 Å². The summed E-state index contributed by atoms with van der Waals surface area (Å²) >= 11 is 1.53. The van der Waals surface area contributed by atoms with Crippen LogP contribution in [0.15, 0.2) is 29.2 Å². The Balaban J connectivity index is 1.46. The molecule has 1 aromatic carbocycles. The molecular weight excluding hydrogens is 548 g/mol. The van der Waals surface area contributed by atoms with E-state index < -0.39 is 9.84 Å². The van der Waals surface area contributed by atoms with E-state index >= 15 is 0 Å². The number of carbonyl (C=O) groups is 1. The molecule has 0 bridgehead atoms. The van der Waals surface area contributed by atoms with Gasteiger partial charge in [0.15, 0.2) is 15.5 Å². The van der Waals surface area contributed by atoms with E-state index in [0.29, 0.717) is 35.0 Å². The molecule has 2 fully saturated rings. The summed E-state index contributed by atoms with van der Waals surface area (Å²) in [7, 11) is -3.61. The van der Waals surface area contributed by atoms with Crippen LogP contribution in [-0.4, -0.2) is 46.7 Å². The Morgan fingerprint density at radius 3 is 2.50 bits per heavy atom. The average Bonchev–Trinajstić information content (AvgIpc) is 3.64. The number of imidazole rings is 1. The zero-order chi connectivity index (χ0) is 28.2. The largest absolute Gasteiger partial charge is 0.358 e. The lowest BCUT2D eigenvalue weighted by Gasteiger charge is -2.25. The van der Waals surface area contributed by atoms with Crippen molar-refractivity contribution < 1.29 is 17.9 Å². The molecule has 12 heteroatoms. The van der Waals surface area contributed by atoms with Gasteiger partial charge in [0.2, 0.25) is 5.91 Å². The van der Waals surface area contributed by atoms with Gasteiger partial charge in [-0.3, -0.25) is 9.36 Å². The number of carbonyl (C=O) groups excluding carboxylic acids is 1. The van der Waals surface area contributed by atoms with Gasteiger partial charge in [0.25, 0.3) is 0 Å². The first-order valence-electron chi connectivity index (χ1n) is 13.5. The van der Waals surface area contributed by atoms with Crippen molar-refractivity contribution in [3.05, 3.63) is 40.7 Å². The number of benzene rings is 1. The fourth-order valence-electron chi connectivity index (χ4n) is 4.98. The predicted molar refractivity (Wildman–Crippen MR) is 156 cm³/mol. The topological polar surface area (TPSA) is 128 Å². The maximum atomic E-state index is 13.0. The number of thiazole rings is 1. The average molecular weight is 581 g/mol. The third kappa shape index (κ3) is 5.23. The van der Waals surface area contributed by atoms with E-state index in [1.807, 2.05) is 31.4 Å². The number of aryl methyl sites for hydroxylation is 3. The lowest BCUT2D eigenvalue weighted by atomic mass is 10.2. The number of nitrogens with zero attached hydrogens (tertiary/aromatic N) is 4. The molecule has 6 rings (SSSR count). The predicted octanol–water partition coefficient (Wildman–Crippen LogP) is 5.67. The molecule has 3 aromatic heterocycles. The molecule has 1 atom stereocenters. The van der Waals surface area contributed by atoms with E-state index in [-0.39, 0.29) is 22.9 Å². The second-order valence-corrected chi connectivity index (χ2v) is 13.8. The van der Waals surface area contributed by atoms with E-state index in [4.69, 9.17) is 14.7 Å². The molecule has 1 aliphatic heterocycles. The van der Waals surface area contributed by atoms with Gasteiger partial charge in [0, 0.05) is 35.3 Å².